The predicted octanol–water partition coefficient (Wildman–Crippen LogP) is 12.8. The Labute approximate surface area is 259 Å². The van der Waals surface area contributed by atoms with Crippen LogP contribution in [0.2, 0.25) is 0 Å². The highest BCUT2D eigenvalue weighted by atomic mass is 14.3. The Kier molecular flexibility index (Phi) is 13.9. The fraction of sp³-hybridized carbons (Fsp3) is 0.476. The number of rotatable bonds is 18. The number of hydrogen-bond donors (Lipinski definition) is 0. The molecule has 3 rings (SSSR count). The first-order valence-corrected chi connectivity index (χ1v) is 16.6. The smallest absolute Gasteiger partial charge is 0.00697 e. The van der Waals surface area contributed by atoms with Crippen LogP contribution >= 0.6 is 0 Å². The predicted molar refractivity (Wildman–Crippen MR) is 189 cm³/mol. The largest absolute Gasteiger partial charge is 0.100 e. The lowest BCUT2D eigenvalue weighted by atomic mass is 9.77. The van der Waals surface area contributed by atoms with Gasteiger partial charge in [0.25, 0.3) is 0 Å². The maximum Gasteiger partial charge on any atom is -0.00697 e. The van der Waals surface area contributed by atoms with Crippen LogP contribution in [0.5, 0.6) is 0 Å². The van der Waals surface area contributed by atoms with E-state index in [1.54, 1.807) is 0 Å². The Morgan fingerprint density at radius 2 is 1.00 bits per heavy atom. The number of allylic oxidation sites excluding steroid dienone is 5. The molecule has 2 aromatic carbocycles. The molecule has 1 saturated carbocycles. The fourth-order valence-corrected chi connectivity index (χ4v) is 6.21. The van der Waals surface area contributed by atoms with E-state index in [2.05, 4.69) is 102 Å². The van der Waals surface area contributed by atoms with Crippen LogP contribution in [0.4, 0.5) is 0 Å². The normalized spacial score (nSPS) is 16.8. The highest BCUT2D eigenvalue weighted by molar-refractivity contribution is 5.64. The second-order valence-electron chi connectivity index (χ2n) is 13.8. The Hall–Kier alpha value is -2.86. The second kappa shape index (κ2) is 17.3. The summed E-state index contributed by atoms with van der Waals surface area (Å²) < 4.78 is 0. The van der Waals surface area contributed by atoms with Gasteiger partial charge >= 0.3 is 0 Å². The van der Waals surface area contributed by atoms with Crippen molar-refractivity contribution < 1.29 is 0 Å². The van der Waals surface area contributed by atoms with E-state index < -0.39 is 0 Å². The van der Waals surface area contributed by atoms with Gasteiger partial charge in [0.05, 0.1) is 0 Å². The maximum absolute atomic E-state index is 4.44. The summed E-state index contributed by atoms with van der Waals surface area (Å²) in [7, 11) is 0. The topological polar surface area (TPSA) is 0 Å². The van der Waals surface area contributed by atoms with Crippen molar-refractivity contribution in [2.75, 3.05) is 0 Å². The van der Waals surface area contributed by atoms with E-state index in [4.69, 9.17) is 0 Å². The van der Waals surface area contributed by atoms with Crippen molar-refractivity contribution in [1.29, 1.82) is 0 Å². The zero-order chi connectivity index (χ0) is 30.5. The van der Waals surface area contributed by atoms with Crippen molar-refractivity contribution >= 4 is 11.1 Å². The van der Waals surface area contributed by atoms with Gasteiger partial charge in [0, 0.05) is 0 Å². The van der Waals surface area contributed by atoms with E-state index in [-0.39, 0.29) is 0 Å². The summed E-state index contributed by atoms with van der Waals surface area (Å²) in [6.07, 6.45) is 16.6. The van der Waals surface area contributed by atoms with Crippen LogP contribution in [0.15, 0.2) is 98.1 Å². The average molecular weight is 563 g/mol. The third-order valence-electron chi connectivity index (χ3n) is 9.29. The molecule has 0 heteroatoms. The molecule has 42 heavy (non-hydrogen) atoms. The van der Waals surface area contributed by atoms with Crippen LogP contribution in [-0.4, -0.2) is 0 Å². The van der Waals surface area contributed by atoms with Gasteiger partial charge in [-0.3, -0.25) is 0 Å². The third-order valence-corrected chi connectivity index (χ3v) is 9.29. The molecule has 0 atom stereocenters. The average Bonchev–Trinajstić information content (AvgIpc) is 2.98. The molecule has 2 aromatic rings. The first-order chi connectivity index (χ1) is 20.1. The van der Waals surface area contributed by atoms with Gasteiger partial charge < -0.3 is 0 Å². The summed E-state index contributed by atoms with van der Waals surface area (Å²) in [5.74, 6) is 2.44. The van der Waals surface area contributed by atoms with Crippen LogP contribution in [0.1, 0.15) is 120 Å². The lowest BCUT2D eigenvalue weighted by molar-refractivity contribution is 0.256. The summed E-state index contributed by atoms with van der Waals surface area (Å²) in [5.41, 5.74) is 11.7. The summed E-state index contributed by atoms with van der Waals surface area (Å²) in [6.45, 7) is 28.1. The van der Waals surface area contributed by atoms with Gasteiger partial charge in [0.2, 0.25) is 0 Å². The van der Waals surface area contributed by atoms with Crippen LogP contribution in [-0.2, 0) is 12.8 Å². The van der Waals surface area contributed by atoms with Crippen molar-refractivity contribution in [1.82, 2.24) is 0 Å². The lowest BCUT2D eigenvalue weighted by Gasteiger charge is -2.29. The molecule has 0 radical (unpaired) electrons. The summed E-state index contributed by atoms with van der Waals surface area (Å²) in [6, 6.07) is 18.1. The van der Waals surface area contributed by atoms with Crippen molar-refractivity contribution in [2.45, 2.75) is 111 Å². The molecule has 0 heterocycles. The Balaban J connectivity index is 1.32. The Morgan fingerprint density at radius 3 is 1.38 bits per heavy atom. The minimum Gasteiger partial charge on any atom is -0.100 e. The van der Waals surface area contributed by atoms with Crippen LogP contribution in [0, 0.1) is 17.8 Å². The molecule has 226 valence electrons. The first kappa shape index (κ1) is 33.6. The number of hydrogen-bond acceptors (Lipinski definition) is 0. The van der Waals surface area contributed by atoms with E-state index >= 15 is 0 Å². The zero-order valence-electron chi connectivity index (χ0n) is 27.3. The summed E-state index contributed by atoms with van der Waals surface area (Å²) >= 11 is 0. The van der Waals surface area contributed by atoms with Crippen molar-refractivity contribution in [3.05, 3.63) is 120 Å². The van der Waals surface area contributed by atoms with Crippen molar-refractivity contribution in [3.63, 3.8) is 0 Å². The molecule has 0 spiro atoms. The Bertz CT molecular complexity index is 1180. The van der Waals surface area contributed by atoms with Crippen LogP contribution in [0.25, 0.3) is 11.1 Å². The van der Waals surface area contributed by atoms with Gasteiger partial charge in [-0.05, 0) is 122 Å². The monoisotopic (exact) mass is 562 g/mol. The van der Waals surface area contributed by atoms with E-state index in [0.29, 0.717) is 0 Å². The van der Waals surface area contributed by atoms with Crippen molar-refractivity contribution in [3.8, 4) is 0 Å². The van der Waals surface area contributed by atoms with E-state index in [1.165, 1.54) is 95.1 Å². The first-order valence-electron chi connectivity index (χ1n) is 16.6. The maximum atomic E-state index is 4.44. The molecular weight excluding hydrogens is 504 g/mol. The SMILES string of the molecule is C=C(C)CCC(=C)Cc1ccc(C(=C)CCC2CCC(CCC(=C)c3ccc(CC(=C)CCC(C)C)cc3)CC2)cc1. The molecule has 1 fully saturated rings. The van der Waals surface area contributed by atoms with E-state index in [9.17, 15) is 0 Å². The summed E-state index contributed by atoms with van der Waals surface area (Å²) in [5, 5.41) is 0. The molecule has 0 N–H and O–H groups in total. The standard InChI is InChI=1S/C42H58/c1-31(2)9-11-33(5)29-39-21-25-41(26-22-39)35(7)13-15-37-17-19-38(20-18-37)16-14-36(8)42-27-23-40(24-28-42)30-34(6)12-10-32(3)4/h21-28,32,37-38H,1,5-20,29-30H2,2-4H3. The van der Waals surface area contributed by atoms with E-state index in [0.717, 1.165) is 62.7 Å². The Morgan fingerprint density at radius 1 is 0.595 bits per heavy atom. The molecule has 0 bridgehead atoms. The van der Waals surface area contributed by atoms with E-state index in [1.807, 2.05) is 0 Å². The third kappa shape index (κ3) is 12.2. The molecule has 0 unspecified atom stereocenters. The quantitative estimate of drug-likeness (QED) is 0.158. The van der Waals surface area contributed by atoms with Gasteiger partial charge in [-0.15, -0.1) is 6.58 Å². The molecule has 0 aromatic heterocycles. The molecular formula is C42H58. The molecule has 1 aliphatic carbocycles. The van der Waals surface area contributed by atoms with Crippen molar-refractivity contribution in [2.24, 2.45) is 17.8 Å². The molecule has 0 amide bonds. The molecule has 0 nitrogen and oxygen atoms in total. The zero-order valence-corrected chi connectivity index (χ0v) is 27.3. The summed E-state index contributed by atoms with van der Waals surface area (Å²) in [4.78, 5) is 0. The second-order valence-corrected chi connectivity index (χ2v) is 13.8. The van der Waals surface area contributed by atoms with Gasteiger partial charge in [0.1, 0.15) is 0 Å². The minimum atomic E-state index is 0.741. The van der Waals surface area contributed by atoms with Crippen LogP contribution < -0.4 is 0 Å². The fourth-order valence-electron chi connectivity index (χ4n) is 6.21. The van der Waals surface area contributed by atoms with Gasteiger partial charge in [-0.25, -0.2) is 0 Å². The van der Waals surface area contributed by atoms with Gasteiger partial charge in [0.15, 0.2) is 0 Å². The highest BCUT2D eigenvalue weighted by Crippen LogP contribution is 2.36. The minimum absolute atomic E-state index is 0.741. The van der Waals surface area contributed by atoms with Crippen LogP contribution in [0.3, 0.4) is 0 Å². The van der Waals surface area contributed by atoms with Gasteiger partial charge in [-0.2, -0.15) is 0 Å². The highest BCUT2D eigenvalue weighted by Gasteiger charge is 2.21. The molecule has 0 aliphatic heterocycles. The lowest BCUT2D eigenvalue weighted by Crippen LogP contribution is -2.14. The number of benzene rings is 2. The van der Waals surface area contributed by atoms with Gasteiger partial charge in [-0.1, -0.05) is 131 Å². The molecule has 0 saturated heterocycles. The molecule has 1 aliphatic rings.